The summed E-state index contributed by atoms with van der Waals surface area (Å²) in [4.78, 5) is 12.8. The minimum Gasteiger partial charge on any atom is -0.325 e. The van der Waals surface area contributed by atoms with E-state index in [0.29, 0.717) is 17.9 Å². The van der Waals surface area contributed by atoms with Crippen molar-refractivity contribution < 1.29 is 13.2 Å². The van der Waals surface area contributed by atoms with Crippen LogP contribution >= 0.6 is 11.8 Å². The number of rotatable bonds is 8. The highest BCUT2D eigenvalue weighted by Crippen LogP contribution is 2.14. The number of amides is 1. The monoisotopic (exact) mass is 392 g/mol. The standard InChI is InChI=1S/C19H24N2O3S2/c1-14-4-8-16(9-5-14)20-19(22)18(12-13-25-3)21-26(23,24)17-10-6-15(2)7-11-17/h4-11,18,21H,12-13H2,1-3H3,(H,20,22). The molecule has 2 rings (SSSR count). The number of hydrogen-bond donors (Lipinski definition) is 2. The number of benzene rings is 2. The number of carbonyl (C=O) groups excluding carboxylic acids is 1. The molecule has 0 saturated heterocycles. The first-order valence-electron chi connectivity index (χ1n) is 8.27. The number of thioether (sulfide) groups is 1. The third kappa shape index (κ3) is 5.86. The van der Waals surface area contributed by atoms with Crippen LogP contribution in [0.15, 0.2) is 53.4 Å². The second-order valence-corrected chi connectivity index (χ2v) is 8.82. The second-order valence-electron chi connectivity index (χ2n) is 6.12. The Bertz CT molecular complexity index is 832. The lowest BCUT2D eigenvalue weighted by Crippen LogP contribution is -2.44. The van der Waals surface area contributed by atoms with Crippen LogP contribution in [0.2, 0.25) is 0 Å². The zero-order valence-corrected chi connectivity index (χ0v) is 16.8. The molecule has 140 valence electrons. The highest BCUT2D eigenvalue weighted by atomic mass is 32.2. The highest BCUT2D eigenvalue weighted by molar-refractivity contribution is 7.98. The van der Waals surface area contributed by atoms with Gasteiger partial charge in [0, 0.05) is 5.69 Å². The summed E-state index contributed by atoms with van der Waals surface area (Å²) in [7, 11) is -3.77. The Hall–Kier alpha value is -1.83. The lowest BCUT2D eigenvalue weighted by Gasteiger charge is -2.18. The maximum absolute atomic E-state index is 12.6. The molecule has 1 amide bonds. The summed E-state index contributed by atoms with van der Waals surface area (Å²) in [6, 6.07) is 13.1. The van der Waals surface area contributed by atoms with E-state index in [1.54, 1.807) is 48.2 Å². The van der Waals surface area contributed by atoms with Gasteiger partial charge >= 0.3 is 0 Å². The van der Waals surface area contributed by atoms with E-state index in [1.807, 2.05) is 32.2 Å². The molecule has 2 aromatic rings. The van der Waals surface area contributed by atoms with Gasteiger partial charge in [-0.2, -0.15) is 16.5 Å². The lowest BCUT2D eigenvalue weighted by atomic mass is 10.2. The molecule has 0 spiro atoms. The third-order valence-electron chi connectivity index (χ3n) is 3.87. The minimum absolute atomic E-state index is 0.153. The van der Waals surface area contributed by atoms with Crippen molar-refractivity contribution in [2.45, 2.75) is 31.2 Å². The molecule has 0 radical (unpaired) electrons. The summed E-state index contributed by atoms with van der Waals surface area (Å²) < 4.78 is 27.8. The summed E-state index contributed by atoms with van der Waals surface area (Å²) in [5, 5.41) is 2.79. The van der Waals surface area contributed by atoms with Crippen molar-refractivity contribution >= 4 is 33.4 Å². The van der Waals surface area contributed by atoms with Crippen molar-refractivity contribution in [2.24, 2.45) is 0 Å². The molecule has 0 fully saturated rings. The largest absolute Gasteiger partial charge is 0.325 e. The number of sulfonamides is 1. The van der Waals surface area contributed by atoms with E-state index < -0.39 is 16.1 Å². The summed E-state index contributed by atoms with van der Waals surface area (Å²) >= 11 is 1.56. The number of carbonyl (C=O) groups is 1. The average Bonchev–Trinajstić information content (AvgIpc) is 2.61. The molecule has 0 heterocycles. The Labute approximate surface area is 159 Å². The Balaban J connectivity index is 2.16. The van der Waals surface area contributed by atoms with E-state index in [1.165, 1.54) is 0 Å². The minimum atomic E-state index is -3.77. The Kier molecular flexibility index (Phi) is 7.25. The Morgan fingerprint density at radius 1 is 1.00 bits per heavy atom. The molecular formula is C19H24N2O3S2. The molecule has 5 nitrogen and oxygen atoms in total. The molecule has 7 heteroatoms. The fourth-order valence-corrected chi connectivity index (χ4v) is 4.02. The normalized spacial score (nSPS) is 12.6. The number of aryl methyl sites for hydroxylation is 2. The summed E-state index contributed by atoms with van der Waals surface area (Å²) in [5.41, 5.74) is 2.70. The van der Waals surface area contributed by atoms with E-state index in [2.05, 4.69) is 10.0 Å². The van der Waals surface area contributed by atoms with Gasteiger partial charge in [0.1, 0.15) is 6.04 Å². The van der Waals surface area contributed by atoms with E-state index in [4.69, 9.17) is 0 Å². The smallest absolute Gasteiger partial charge is 0.242 e. The molecular weight excluding hydrogens is 368 g/mol. The summed E-state index contributed by atoms with van der Waals surface area (Å²) in [6.07, 6.45) is 2.33. The van der Waals surface area contributed by atoms with Gasteiger partial charge in [0.25, 0.3) is 0 Å². The van der Waals surface area contributed by atoms with Gasteiger partial charge in [0.2, 0.25) is 15.9 Å². The first-order chi connectivity index (χ1) is 12.3. The van der Waals surface area contributed by atoms with Gasteiger partial charge in [-0.05, 0) is 56.5 Å². The molecule has 1 unspecified atom stereocenters. The summed E-state index contributed by atoms with van der Waals surface area (Å²) in [5.74, 6) is 0.307. The van der Waals surface area contributed by atoms with Gasteiger partial charge in [0.15, 0.2) is 0 Å². The van der Waals surface area contributed by atoms with Gasteiger partial charge in [-0.1, -0.05) is 35.4 Å². The van der Waals surface area contributed by atoms with Crippen molar-refractivity contribution in [3.63, 3.8) is 0 Å². The van der Waals surface area contributed by atoms with Crippen molar-refractivity contribution in [1.82, 2.24) is 4.72 Å². The maximum atomic E-state index is 12.6. The molecule has 26 heavy (non-hydrogen) atoms. The molecule has 2 N–H and O–H groups in total. The van der Waals surface area contributed by atoms with E-state index in [-0.39, 0.29) is 10.8 Å². The zero-order chi connectivity index (χ0) is 19.2. The van der Waals surface area contributed by atoms with Crippen LogP contribution in [0.25, 0.3) is 0 Å². The topological polar surface area (TPSA) is 75.3 Å². The van der Waals surface area contributed by atoms with Crippen molar-refractivity contribution in [1.29, 1.82) is 0 Å². The van der Waals surface area contributed by atoms with Crippen LogP contribution in [0.3, 0.4) is 0 Å². The number of anilines is 1. The molecule has 0 aliphatic carbocycles. The van der Waals surface area contributed by atoms with Crippen LogP contribution in [0.5, 0.6) is 0 Å². The zero-order valence-electron chi connectivity index (χ0n) is 15.2. The van der Waals surface area contributed by atoms with E-state index in [0.717, 1.165) is 11.1 Å². The van der Waals surface area contributed by atoms with Crippen LogP contribution in [0.1, 0.15) is 17.5 Å². The molecule has 1 atom stereocenters. The van der Waals surface area contributed by atoms with Crippen LogP contribution in [0.4, 0.5) is 5.69 Å². The first-order valence-corrected chi connectivity index (χ1v) is 11.1. The molecule has 0 aliphatic heterocycles. The van der Waals surface area contributed by atoms with Crippen molar-refractivity contribution in [3.8, 4) is 0 Å². The highest BCUT2D eigenvalue weighted by Gasteiger charge is 2.25. The van der Waals surface area contributed by atoms with Crippen LogP contribution in [0, 0.1) is 13.8 Å². The van der Waals surface area contributed by atoms with E-state index in [9.17, 15) is 13.2 Å². The van der Waals surface area contributed by atoms with Gasteiger partial charge in [-0.15, -0.1) is 0 Å². The molecule has 0 saturated carbocycles. The van der Waals surface area contributed by atoms with Gasteiger partial charge in [-0.3, -0.25) is 4.79 Å². The first kappa shape index (κ1) is 20.5. The predicted molar refractivity (Wildman–Crippen MR) is 108 cm³/mol. The SMILES string of the molecule is CSCCC(NS(=O)(=O)c1ccc(C)cc1)C(=O)Nc1ccc(C)cc1. The van der Waals surface area contributed by atoms with Crippen LogP contribution < -0.4 is 10.0 Å². The number of nitrogens with one attached hydrogen (secondary N) is 2. The fraction of sp³-hybridized carbons (Fsp3) is 0.316. The quantitative estimate of drug-likeness (QED) is 0.722. The van der Waals surface area contributed by atoms with Gasteiger partial charge < -0.3 is 5.32 Å². The maximum Gasteiger partial charge on any atom is 0.242 e. The molecule has 0 bridgehead atoms. The molecule has 2 aromatic carbocycles. The Morgan fingerprint density at radius 3 is 2.08 bits per heavy atom. The predicted octanol–water partition coefficient (Wildman–Crippen LogP) is 3.34. The van der Waals surface area contributed by atoms with Gasteiger partial charge in [-0.25, -0.2) is 8.42 Å². The molecule has 0 aliphatic rings. The third-order valence-corrected chi connectivity index (χ3v) is 6.01. The lowest BCUT2D eigenvalue weighted by molar-refractivity contribution is -0.117. The second kappa shape index (κ2) is 9.21. The number of hydrogen-bond acceptors (Lipinski definition) is 4. The van der Waals surface area contributed by atoms with Crippen LogP contribution in [-0.2, 0) is 14.8 Å². The fourth-order valence-electron chi connectivity index (χ4n) is 2.32. The molecule has 0 aromatic heterocycles. The average molecular weight is 393 g/mol. The van der Waals surface area contributed by atoms with E-state index >= 15 is 0 Å². The summed E-state index contributed by atoms with van der Waals surface area (Å²) in [6.45, 7) is 3.85. The van der Waals surface area contributed by atoms with Crippen molar-refractivity contribution in [2.75, 3.05) is 17.3 Å². The van der Waals surface area contributed by atoms with Crippen LogP contribution in [-0.4, -0.2) is 32.4 Å². The van der Waals surface area contributed by atoms with Gasteiger partial charge in [0.05, 0.1) is 4.90 Å². The van der Waals surface area contributed by atoms with Crippen molar-refractivity contribution in [3.05, 3.63) is 59.7 Å². The Morgan fingerprint density at radius 2 is 1.54 bits per heavy atom.